The van der Waals surface area contributed by atoms with Crippen molar-refractivity contribution in [3.05, 3.63) is 30.5 Å². The monoisotopic (exact) mass is 313 g/mol. The minimum Gasteiger partial charge on any atom is -0.301 e. The second-order valence-electron chi connectivity index (χ2n) is 7.00. The maximum Gasteiger partial charge on any atom is 0.0951 e. The molecule has 0 radical (unpaired) electrons. The molecule has 5 nitrogen and oxygen atoms in total. The van der Waals surface area contributed by atoms with E-state index in [0.717, 1.165) is 42.9 Å². The fourth-order valence-corrected chi connectivity index (χ4v) is 3.30. The van der Waals surface area contributed by atoms with Crippen molar-refractivity contribution in [2.24, 2.45) is 0 Å². The average Bonchev–Trinajstić information content (AvgIpc) is 3.05. The van der Waals surface area contributed by atoms with Crippen molar-refractivity contribution in [3.63, 3.8) is 0 Å². The Balaban J connectivity index is 1.84. The van der Waals surface area contributed by atoms with Gasteiger partial charge in [-0.25, -0.2) is 0 Å². The Hall–Kier alpha value is -1.75. The van der Waals surface area contributed by atoms with Gasteiger partial charge in [0.1, 0.15) is 0 Å². The molecule has 1 fully saturated rings. The van der Waals surface area contributed by atoms with E-state index in [0.29, 0.717) is 18.0 Å². The minimum absolute atomic E-state index is 0.359. The maximum absolute atomic E-state index is 4.68. The summed E-state index contributed by atoms with van der Waals surface area (Å²) in [6, 6.07) is 0.986. The zero-order valence-electron chi connectivity index (χ0n) is 14.6. The lowest BCUT2D eigenvalue weighted by Crippen LogP contribution is -2.38. The molecule has 1 saturated heterocycles. The third-order valence-corrected chi connectivity index (χ3v) is 4.78. The Kier molecular flexibility index (Phi) is 4.76. The van der Waals surface area contributed by atoms with Gasteiger partial charge in [-0.05, 0) is 53.6 Å². The lowest BCUT2D eigenvalue weighted by Gasteiger charge is -2.34. The highest BCUT2D eigenvalue weighted by atomic mass is 15.3. The zero-order chi connectivity index (χ0) is 16.4. The van der Waals surface area contributed by atoms with E-state index >= 15 is 0 Å². The van der Waals surface area contributed by atoms with Gasteiger partial charge >= 0.3 is 0 Å². The first-order chi connectivity index (χ1) is 11.1. The molecule has 0 atom stereocenters. The summed E-state index contributed by atoms with van der Waals surface area (Å²) in [6.45, 7) is 11.1. The Morgan fingerprint density at radius 2 is 1.70 bits per heavy atom. The molecule has 23 heavy (non-hydrogen) atoms. The van der Waals surface area contributed by atoms with Crippen LogP contribution in [0.15, 0.2) is 24.8 Å². The molecule has 1 aliphatic rings. The van der Waals surface area contributed by atoms with Crippen LogP contribution < -0.4 is 0 Å². The van der Waals surface area contributed by atoms with Crippen LogP contribution in [0.2, 0.25) is 0 Å². The highest BCUT2D eigenvalue weighted by molar-refractivity contribution is 5.60. The molecule has 3 heterocycles. The predicted molar refractivity (Wildman–Crippen MR) is 92.3 cm³/mol. The van der Waals surface area contributed by atoms with Gasteiger partial charge < -0.3 is 4.90 Å². The largest absolute Gasteiger partial charge is 0.301 e. The second kappa shape index (κ2) is 6.79. The molecular weight excluding hydrogens is 286 g/mol. The SMILES string of the molecule is CC(C)N1CCC(c2nccnc2-c2cnn(C(C)C)c2)CC1. The molecule has 0 spiro atoms. The van der Waals surface area contributed by atoms with E-state index in [1.807, 2.05) is 17.1 Å². The highest BCUT2D eigenvalue weighted by Gasteiger charge is 2.26. The third kappa shape index (κ3) is 3.44. The predicted octanol–water partition coefficient (Wildman–Crippen LogP) is 3.51. The molecule has 0 N–H and O–H groups in total. The summed E-state index contributed by atoms with van der Waals surface area (Å²) >= 11 is 0. The van der Waals surface area contributed by atoms with Crippen molar-refractivity contribution in [1.82, 2.24) is 24.6 Å². The minimum atomic E-state index is 0.359. The molecule has 0 unspecified atom stereocenters. The van der Waals surface area contributed by atoms with E-state index in [2.05, 4.69) is 53.9 Å². The Labute approximate surface area is 138 Å². The van der Waals surface area contributed by atoms with E-state index < -0.39 is 0 Å². The molecule has 0 saturated carbocycles. The first kappa shape index (κ1) is 16.1. The molecule has 2 aromatic heterocycles. The van der Waals surface area contributed by atoms with Gasteiger partial charge in [-0.3, -0.25) is 14.6 Å². The van der Waals surface area contributed by atoms with Crippen LogP contribution >= 0.6 is 0 Å². The number of hydrogen-bond acceptors (Lipinski definition) is 4. The van der Waals surface area contributed by atoms with E-state index in [4.69, 9.17) is 0 Å². The van der Waals surface area contributed by atoms with Crippen LogP contribution in [0.1, 0.15) is 58.2 Å². The van der Waals surface area contributed by atoms with E-state index in [-0.39, 0.29) is 0 Å². The highest BCUT2D eigenvalue weighted by Crippen LogP contribution is 2.33. The van der Waals surface area contributed by atoms with Gasteiger partial charge in [0.05, 0.1) is 17.6 Å². The van der Waals surface area contributed by atoms with Gasteiger partial charge in [0.15, 0.2) is 0 Å². The standard InChI is InChI=1S/C18H27N5/c1-13(2)22-9-5-15(6-10-22)17-18(20-8-7-19-17)16-11-21-23(12-16)14(3)4/h7-8,11-15H,5-6,9-10H2,1-4H3. The number of rotatable bonds is 4. The van der Waals surface area contributed by atoms with Crippen LogP contribution in [0.5, 0.6) is 0 Å². The Bertz CT molecular complexity index is 638. The van der Waals surface area contributed by atoms with E-state index in [9.17, 15) is 0 Å². The first-order valence-corrected chi connectivity index (χ1v) is 8.65. The molecule has 3 rings (SSSR count). The third-order valence-electron chi connectivity index (χ3n) is 4.78. The Morgan fingerprint density at radius 3 is 2.30 bits per heavy atom. The normalized spacial score (nSPS) is 17.3. The molecule has 1 aliphatic heterocycles. The topological polar surface area (TPSA) is 46.8 Å². The average molecular weight is 313 g/mol. The molecule has 0 bridgehead atoms. The number of hydrogen-bond donors (Lipinski definition) is 0. The lowest BCUT2D eigenvalue weighted by atomic mass is 9.90. The van der Waals surface area contributed by atoms with Crippen molar-refractivity contribution in [1.29, 1.82) is 0 Å². The lowest BCUT2D eigenvalue weighted by molar-refractivity contribution is 0.171. The summed E-state index contributed by atoms with van der Waals surface area (Å²) in [5.74, 6) is 0.496. The molecular formula is C18H27N5. The quantitative estimate of drug-likeness (QED) is 0.866. The van der Waals surface area contributed by atoms with Crippen molar-refractivity contribution >= 4 is 0 Å². The number of aromatic nitrogens is 4. The molecule has 0 amide bonds. The van der Waals surface area contributed by atoms with Crippen LogP contribution in [0.4, 0.5) is 0 Å². The number of piperidine rings is 1. The van der Waals surface area contributed by atoms with Crippen LogP contribution in [-0.2, 0) is 0 Å². The van der Waals surface area contributed by atoms with Crippen molar-refractivity contribution in [3.8, 4) is 11.3 Å². The summed E-state index contributed by atoms with van der Waals surface area (Å²) in [5, 5.41) is 4.45. The van der Waals surface area contributed by atoms with Crippen LogP contribution in [0.3, 0.4) is 0 Å². The molecule has 0 aromatic carbocycles. The van der Waals surface area contributed by atoms with Crippen LogP contribution in [-0.4, -0.2) is 43.8 Å². The van der Waals surface area contributed by atoms with E-state index in [1.165, 1.54) is 0 Å². The number of nitrogens with zero attached hydrogens (tertiary/aromatic N) is 5. The molecule has 0 aliphatic carbocycles. The van der Waals surface area contributed by atoms with Gasteiger partial charge in [0.2, 0.25) is 0 Å². The smallest absolute Gasteiger partial charge is 0.0951 e. The molecule has 124 valence electrons. The van der Waals surface area contributed by atoms with Gasteiger partial charge in [-0.2, -0.15) is 5.10 Å². The summed E-state index contributed by atoms with van der Waals surface area (Å²) in [6.07, 6.45) is 9.91. The van der Waals surface area contributed by atoms with Gasteiger partial charge in [-0.1, -0.05) is 0 Å². The number of likely N-dealkylation sites (tertiary alicyclic amines) is 1. The van der Waals surface area contributed by atoms with Crippen molar-refractivity contribution in [2.75, 3.05) is 13.1 Å². The van der Waals surface area contributed by atoms with Crippen LogP contribution in [0, 0.1) is 0 Å². The molecule has 2 aromatic rings. The maximum atomic E-state index is 4.68. The van der Waals surface area contributed by atoms with Gasteiger partial charge in [-0.15, -0.1) is 0 Å². The zero-order valence-corrected chi connectivity index (χ0v) is 14.6. The second-order valence-corrected chi connectivity index (χ2v) is 7.00. The van der Waals surface area contributed by atoms with Crippen LogP contribution in [0.25, 0.3) is 11.3 Å². The first-order valence-electron chi connectivity index (χ1n) is 8.65. The summed E-state index contributed by atoms with van der Waals surface area (Å²) in [5.41, 5.74) is 3.22. The summed E-state index contributed by atoms with van der Waals surface area (Å²) in [4.78, 5) is 11.9. The Morgan fingerprint density at radius 1 is 1.00 bits per heavy atom. The fourth-order valence-electron chi connectivity index (χ4n) is 3.30. The fraction of sp³-hybridized carbons (Fsp3) is 0.611. The summed E-state index contributed by atoms with van der Waals surface area (Å²) in [7, 11) is 0. The van der Waals surface area contributed by atoms with Gasteiger partial charge in [0.25, 0.3) is 0 Å². The van der Waals surface area contributed by atoms with Crippen molar-refractivity contribution in [2.45, 2.75) is 58.5 Å². The van der Waals surface area contributed by atoms with Gasteiger partial charge in [0, 0.05) is 42.2 Å². The molecule has 5 heteroatoms. The van der Waals surface area contributed by atoms with E-state index in [1.54, 1.807) is 6.20 Å². The summed E-state index contributed by atoms with van der Waals surface area (Å²) < 4.78 is 1.98. The van der Waals surface area contributed by atoms with Crippen molar-refractivity contribution < 1.29 is 0 Å².